The summed E-state index contributed by atoms with van der Waals surface area (Å²) in [6, 6.07) is 0. The number of aliphatic hydroxyl groups is 1. The fourth-order valence-corrected chi connectivity index (χ4v) is 6.04. The average molecular weight is 567 g/mol. The Balaban J connectivity index is 3.94. The minimum atomic E-state index is -0.00414. The number of hydrogen-bond donors (Lipinski definition) is 1. The molecule has 0 aromatic rings. The fourth-order valence-electron chi connectivity index (χ4n) is 6.04. The van der Waals surface area contributed by atoms with E-state index in [4.69, 9.17) is 4.74 Å². The molecule has 240 valence electrons. The lowest BCUT2D eigenvalue weighted by molar-refractivity contribution is -0.144. The van der Waals surface area contributed by atoms with Crippen LogP contribution < -0.4 is 0 Å². The molecule has 0 aliphatic carbocycles. The molecule has 0 aliphatic rings. The van der Waals surface area contributed by atoms with Gasteiger partial charge in [0.25, 0.3) is 0 Å². The van der Waals surface area contributed by atoms with Crippen molar-refractivity contribution in [3.63, 3.8) is 0 Å². The van der Waals surface area contributed by atoms with E-state index < -0.39 is 0 Å². The van der Waals surface area contributed by atoms with Gasteiger partial charge in [0, 0.05) is 13.0 Å². The van der Waals surface area contributed by atoms with Crippen molar-refractivity contribution in [2.75, 3.05) is 13.2 Å². The van der Waals surface area contributed by atoms with Crippen LogP contribution in [0.15, 0.2) is 0 Å². The summed E-state index contributed by atoms with van der Waals surface area (Å²) in [6.45, 7) is 7.76. The Kier molecular flexibility index (Phi) is 32.5. The van der Waals surface area contributed by atoms with E-state index in [0.717, 1.165) is 44.4 Å². The number of hydrogen-bond acceptors (Lipinski definition) is 3. The third kappa shape index (κ3) is 28.9. The first kappa shape index (κ1) is 39.4. The molecule has 3 heteroatoms. The molecule has 1 N–H and O–H groups in total. The molecule has 40 heavy (non-hydrogen) atoms. The summed E-state index contributed by atoms with van der Waals surface area (Å²) in [5.74, 6) is 1.17. The molecule has 0 spiro atoms. The van der Waals surface area contributed by atoms with E-state index in [1.807, 2.05) is 0 Å². The monoisotopic (exact) mass is 567 g/mol. The third-order valence-electron chi connectivity index (χ3n) is 8.94. The van der Waals surface area contributed by atoms with Gasteiger partial charge < -0.3 is 9.84 Å². The van der Waals surface area contributed by atoms with Gasteiger partial charge >= 0.3 is 5.97 Å². The average Bonchev–Trinajstić information content (AvgIpc) is 2.96. The number of rotatable bonds is 33. The Labute approximate surface area is 252 Å². The Bertz CT molecular complexity index is 476. The molecule has 1 atom stereocenters. The zero-order valence-corrected chi connectivity index (χ0v) is 27.8. The fraction of sp³-hybridized carbons (Fsp3) is 0.973. The van der Waals surface area contributed by atoms with Gasteiger partial charge in [-0.25, -0.2) is 0 Å². The molecular formula is C37H74O3. The van der Waals surface area contributed by atoms with Crippen molar-refractivity contribution in [3.05, 3.63) is 0 Å². The number of ether oxygens (including phenoxy) is 1. The predicted molar refractivity (Wildman–Crippen MR) is 176 cm³/mol. The summed E-state index contributed by atoms with van der Waals surface area (Å²) >= 11 is 0. The van der Waals surface area contributed by atoms with E-state index in [0.29, 0.717) is 25.6 Å². The van der Waals surface area contributed by atoms with Crippen LogP contribution in [-0.4, -0.2) is 24.3 Å². The van der Waals surface area contributed by atoms with E-state index in [9.17, 15) is 9.90 Å². The van der Waals surface area contributed by atoms with Gasteiger partial charge in [-0.2, -0.15) is 0 Å². The van der Waals surface area contributed by atoms with Crippen molar-refractivity contribution >= 4 is 5.97 Å². The van der Waals surface area contributed by atoms with E-state index in [2.05, 4.69) is 20.8 Å². The SMILES string of the molecule is CCCCCCCCCCC(CO)CCCCCC(=O)OCCC(CCCCCCCC)CCCCCCCC. The quantitative estimate of drug-likeness (QED) is 0.0634. The first-order valence-corrected chi connectivity index (χ1v) is 18.4. The zero-order valence-electron chi connectivity index (χ0n) is 27.8. The van der Waals surface area contributed by atoms with Gasteiger partial charge in [-0.1, -0.05) is 175 Å². The zero-order chi connectivity index (χ0) is 29.4. The standard InChI is InChI=1S/C37H74O3/c1-4-7-10-13-16-17-20-24-29-36(34-38)30-25-21-26-31-37(39)40-33-32-35(27-22-18-14-11-8-5-2)28-23-19-15-12-9-6-3/h35-36,38H,4-34H2,1-3H3. The van der Waals surface area contributed by atoms with Crippen LogP contribution in [0.5, 0.6) is 0 Å². The van der Waals surface area contributed by atoms with Gasteiger partial charge in [-0.05, 0) is 37.5 Å². The van der Waals surface area contributed by atoms with Crippen LogP contribution in [0.1, 0.15) is 207 Å². The van der Waals surface area contributed by atoms with Crippen LogP contribution in [0.4, 0.5) is 0 Å². The molecule has 0 saturated carbocycles. The highest BCUT2D eigenvalue weighted by Crippen LogP contribution is 2.23. The minimum absolute atomic E-state index is 0.00414. The first-order chi connectivity index (χ1) is 19.7. The van der Waals surface area contributed by atoms with Crippen molar-refractivity contribution in [3.8, 4) is 0 Å². The summed E-state index contributed by atoms with van der Waals surface area (Å²) in [6.07, 6.45) is 36.7. The molecular weight excluding hydrogens is 492 g/mol. The molecule has 0 rings (SSSR count). The topological polar surface area (TPSA) is 46.5 Å². The van der Waals surface area contributed by atoms with Crippen molar-refractivity contribution < 1.29 is 14.6 Å². The van der Waals surface area contributed by atoms with Crippen LogP contribution in [0.3, 0.4) is 0 Å². The maximum atomic E-state index is 12.3. The van der Waals surface area contributed by atoms with Gasteiger partial charge in [0.05, 0.1) is 6.61 Å². The molecule has 0 radical (unpaired) electrons. The lowest BCUT2D eigenvalue weighted by Gasteiger charge is -2.17. The summed E-state index contributed by atoms with van der Waals surface area (Å²) in [4.78, 5) is 12.3. The molecule has 0 heterocycles. The number of carbonyl (C=O) groups excluding carboxylic acids is 1. The van der Waals surface area contributed by atoms with Crippen LogP contribution in [0.2, 0.25) is 0 Å². The van der Waals surface area contributed by atoms with Gasteiger partial charge in [0.15, 0.2) is 0 Å². The molecule has 0 aliphatic heterocycles. The summed E-state index contributed by atoms with van der Waals surface area (Å²) in [7, 11) is 0. The molecule has 0 bridgehead atoms. The largest absolute Gasteiger partial charge is 0.466 e. The molecule has 3 nitrogen and oxygen atoms in total. The number of unbranched alkanes of at least 4 members (excludes halogenated alkanes) is 19. The molecule has 0 saturated heterocycles. The van der Waals surface area contributed by atoms with Crippen LogP contribution >= 0.6 is 0 Å². The smallest absolute Gasteiger partial charge is 0.305 e. The highest BCUT2D eigenvalue weighted by Gasteiger charge is 2.12. The van der Waals surface area contributed by atoms with Crippen molar-refractivity contribution in [1.29, 1.82) is 0 Å². The van der Waals surface area contributed by atoms with E-state index in [1.54, 1.807) is 0 Å². The third-order valence-corrected chi connectivity index (χ3v) is 8.94. The van der Waals surface area contributed by atoms with Crippen LogP contribution in [-0.2, 0) is 9.53 Å². The number of aliphatic hydroxyl groups excluding tert-OH is 1. The molecule has 0 aromatic heterocycles. The van der Waals surface area contributed by atoms with Gasteiger partial charge in [0.2, 0.25) is 0 Å². The molecule has 0 fully saturated rings. The van der Waals surface area contributed by atoms with Crippen molar-refractivity contribution in [2.45, 2.75) is 207 Å². The second-order valence-corrected chi connectivity index (χ2v) is 12.9. The van der Waals surface area contributed by atoms with Crippen LogP contribution in [0, 0.1) is 11.8 Å². The summed E-state index contributed by atoms with van der Waals surface area (Å²) in [5.41, 5.74) is 0. The lowest BCUT2D eigenvalue weighted by Crippen LogP contribution is -2.11. The van der Waals surface area contributed by atoms with Crippen molar-refractivity contribution in [2.24, 2.45) is 11.8 Å². The second kappa shape index (κ2) is 32.9. The summed E-state index contributed by atoms with van der Waals surface area (Å²) in [5, 5.41) is 9.74. The van der Waals surface area contributed by atoms with E-state index >= 15 is 0 Å². The van der Waals surface area contributed by atoms with Crippen molar-refractivity contribution in [1.82, 2.24) is 0 Å². The number of esters is 1. The molecule has 0 amide bonds. The van der Waals surface area contributed by atoms with Gasteiger partial charge in [-0.3, -0.25) is 4.79 Å². The normalized spacial score (nSPS) is 12.3. The maximum absolute atomic E-state index is 12.3. The van der Waals surface area contributed by atoms with Crippen LogP contribution in [0.25, 0.3) is 0 Å². The predicted octanol–water partition coefficient (Wildman–Crippen LogP) is 12.1. The second-order valence-electron chi connectivity index (χ2n) is 12.9. The maximum Gasteiger partial charge on any atom is 0.305 e. The highest BCUT2D eigenvalue weighted by molar-refractivity contribution is 5.69. The molecule has 1 unspecified atom stereocenters. The minimum Gasteiger partial charge on any atom is -0.466 e. The Morgan fingerprint density at radius 1 is 0.475 bits per heavy atom. The lowest BCUT2D eigenvalue weighted by atomic mass is 9.91. The van der Waals surface area contributed by atoms with E-state index in [-0.39, 0.29) is 5.97 Å². The Morgan fingerprint density at radius 2 is 0.825 bits per heavy atom. The van der Waals surface area contributed by atoms with E-state index in [1.165, 1.54) is 141 Å². The highest BCUT2D eigenvalue weighted by atomic mass is 16.5. The first-order valence-electron chi connectivity index (χ1n) is 18.4. The summed E-state index contributed by atoms with van der Waals surface area (Å²) < 4.78 is 5.67. The molecule has 0 aromatic carbocycles. The Hall–Kier alpha value is -0.570. The van der Waals surface area contributed by atoms with Gasteiger partial charge in [0.1, 0.15) is 0 Å². The Morgan fingerprint density at radius 3 is 1.23 bits per heavy atom. The van der Waals surface area contributed by atoms with Gasteiger partial charge in [-0.15, -0.1) is 0 Å². The number of carbonyl (C=O) groups is 1.